The molecular weight excluding hydrogens is 415 g/mol. The van der Waals surface area contributed by atoms with E-state index in [1.54, 1.807) is 12.1 Å². The number of piperazine rings is 1. The highest BCUT2D eigenvalue weighted by Crippen LogP contribution is 2.30. The lowest BCUT2D eigenvalue weighted by atomic mass is 9.91. The van der Waals surface area contributed by atoms with E-state index in [1.165, 1.54) is 6.07 Å². The normalized spacial score (nSPS) is 15.2. The molecule has 5 nitrogen and oxygen atoms in total. The summed E-state index contributed by atoms with van der Waals surface area (Å²) in [6.07, 6.45) is 0. The highest BCUT2D eigenvalue weighted by Gasteiger charge is 2.24. The molecule has 0 spiro atoms. The average Bonchev–Trinajstić information content (AvgIpc) is 3.30. The summed E-state index contributed by atoms with van der Waals surface area (Å²) < 4.78 is 19.1. The van der Waals surface area contributed by atoms with Crippen molar-refractivity contribution < 1.29 is 8.91 Å². The summed E-state index contributed by atoms with van der Waals surface area (Å²) in [6.45, 7) is 5.08. The van der Waals surface area contributed by atoms with Crippen LogP contribution in [-0.2, 0) is 13.1 Å². The molecule has 0 N–H and O–H groups in total. The predicted molar refractivity (Wildman–Crippen MR) is 125 cm³/mol. The van der Waals surface area contributed by atoms with Crippen molar-refractivity contribution in [2.45, 2.75) is 19.0 Å². The number of aromatic nitrogens is 2. The molecule has 0 radical (unpaired) electrons. The van der Waals surface area contributed by atoms with E-state index in [9.17, 15) is 4.39 Å². The Morgan fingerprint density at radius 2 is 1.36 bits per heavy atom. The van der Waals surface area contributed by atoms with Crippen LogP contribution in [0.3, 0.4) is 0 Å². The molecule has 3 aromatic carbocycles. The van der Waals surface area contributed by atoms with Gasteiger partial charge in [0.05, 0.1) is 12.5 Å². The van der Waals surface area contributed by atoms with Gasteiger partial charge in [0.1, 0.15) is 5.82 Å². The highest BCUT2D eigenvalue weighted by atomic mass is 19.1. The molecule has 0 amide bonds. The third-order valence-electron chi connectivity index (χ3n) is 6.13. The minimum Gasteiger partial charge on any atom is -0.338 e. The van der Waals surface area contributed by atoms with E-state index in [2.05, 4.69) is 39.2 Å². The number of hydrogen-bond acceptors (Lipinski definition) is 5. The Morgan fingerprint density at radius 3 is 1.97 bits per heavy atom. The zero-order valence-corrected chi connectivity index (χ0v) is 18.5. The van der Waals surface area contributed by atoms with Gasteiger partial charge in [0.25, 0.3) is 0 Å². The van der Waals surface area contributed by atoms with Crippen molar-refractivity contribution in [2.75, 3.05) is 26.2 Å². The zero-order valence-electron chi connectivity index (χ0n) is 18.5. The van der Waals surface area contributed by atoms with Crippen LogP contribution in [0.15, 0.2) is 89.5 Å². The standard InChI is InChI=1S/C27H27FN4O/c28-24-13-7-8-21(18-24)19-31-14-16-32(17-15-31)20-25-29-27(30-33-25)26(22-9-3-1-4-10-22)23-11-5-2-6-12-23/h1-13,18,26H,14-17,19-20H2. The highest BCUT2D eigenvalue weighted by molar-refractivity contribution is 5.37. The van der Waals surface area contributed by atoms with Crippen molar-refractivity contribution in [3.63, 3.8) is 0 Å². The van der Waals surface area contributed by atoms with Crippen molar-refractivity contribution >= 4 is 0 Å². The van der Waals surface area contributed by atoms with E-state index in [1.807, 2.05) is 42.5 Å². The molecule has 0 aliphatic carbocycles. The predicted octanol–water partition coefficient (Wildman–Crippen LogP) is 4.71. The molecule has 1 aliphatic rings. The topological polar surface area (TPSA) is 45.4 Å². The largest absolute Gasteiger partial charge is 0.338 e. The molecule has 168 valence electrons. The monoisotopic (exact) mass is 442 g/mol. The van der Waals surface area contributed by atoms with E-state index >= 15 is 0 Å². The van der Waals surface area contributed by atoms with Crippen molar-refractivity contribution in [2.24, 2.45) is 0 Å². The van der Waals surface area contributed by atoms with Crippen molar-refractivity contribution in [1.29, 1.82) is 0 Å². The second-order valence-electron chi connectivity index (χ2n) is 8.48. The lowest BCUT2D eigenvalue weighted by molar-refractivity contribution is 0.112. The Morgan fingerprint density at radius 1 is 0.758 bits per heavy atom. The maximum Gasteiger partial charge on any atom is 0.240 e. The number of rotatable bonds is 7. The summed E-state index contributed by atoms with van der Waals surface area (Å²) in [5, 5.41) is 4.36. The molecule has 2 heterocycles. The number of halogens is 1. The SMILES string of the molecule is Fc1cccc(CN2CCN(Cc3nc(C(c4ccccc4)c4ccccc4)no3)CC2)c1. The van der Waals surface area contributed by atoms with Gasteiger partial charge in [-0.3, -0.25) is 9.80 Å². The molecule has 5 rings (SSSR count). The average molecular weight is 443 g/mol. The molecule has 0 unspecified atom stereocenters. The van der Waals surface area contributed by atoms with E-state index in [-0.39, 0.29) is 11.7 Å². The minimum absolute atomic E-state index is 0.0620. The Kier molecular flexibility index (Phi) is 6.56. The van der Waals surface area contributed by atoms with Crippen molar-refractivity contribution in [3.05, 3.63) is 119 Å². The Balaban J connectivity index is 1.23. The van der Waals surface area contributed by atoms with Crippen LogP contribution in [-0.4, -0.2) is 46.1 Å². The van der Waals surface area contributed by atoms with Gasteiger partial charge in [0.2, 0.25) is 5.89 Å². The van der Waals surface area contributed by atoms with Gasteiger partial charge in [-0.05, 0) is 28.8 Å². The van der Waals surface area contributed by atoms with Gasteiger partial charge in [-0.15, -0.1) is 0 Å². The molecule has 4 aromatic rings. The van der Waals surface area contributed by atoms with Crippen molar-refractivity contribution in [3.8, 4) is 0 Å². The maximum atomic E-state index is 13.5. The van der Waals surface area contributed by atoms with Gasteiger partial charge in [-0.2, -0.15) is 4.98 Å². The lowest BCUT2D eigenvalue weighted by Gasteiger charge is -2.33. The molecule has 1 saturated heterocycles. The number of hydrogen-bond donors (Lipinski definition) is 0. The molecular formula is C27H27FN4O. The van der Waals surface area contributed by atoms with Gasteiger partial charge in [-0.1, -0.05) is 78.0 Å². The molecule has 1 aromatic heterocycles. The molecule has 1 fully saturated rings. The third-order valence-corrected chi connectivity index (χ3v) is 6.13. The number of nitrogens with zero attached hydrogens (tertiary/aromatic N) is 4. The second-order valence-corrected chi connectivity index (χ2v) is 8.48. The van der Waals surface area contributed by atoms with Crippen LogP contribution in [0, 0.1) is 5.82 Å². The first-order chi connectivity index (χ1) is 16.2. The summed E-state index contributed by atoms with van der Waals surface area (Å²) in [5.41, 5.74) is 3.29. The molecule has 0 bridgehead atoms. The van der Waals surface area contributed by atoms with E-state index in [0.717, 1.165) is 49.4 Å². The van der Waals surface area contributed by atoms with Crippen LogP contribution in [0.1, 0.15) is 34.3 Å². The fourth-order valence-corrected chi connectivity index (χ4v) is 4.42. The van der Waals surface area contributed by atoms with Crippen LogP contribution >= 0.6 is 0 Å². The molecule has 0 saturated carbocycles. The second kappa shape index (κ2) is 10.1. The quantitative estimate of drug-likeness (QED) is 0.415. The van der Waals surface area contributed by atoms with Crippen LogP contribution < -0.4 is 0 Å². The van der Waals surface area contributed by atoms with E-state index in [4.69, 9.17) is 9.51 Å². The smallest absolute Gasteiger partial charge is 0.240 e. The van der Waals surface area contributed by atoms with Gasteiger partial charge in [-0.25, -0.2) is 4.39 Å². The number of benzene rings is 3. The molecule has 6 heteroatoms. The van der Waals surface area contributed by atoms with Crippen LogP contribution in [0.4, 0.5) is 4.39 Å². The van der Waals surface area contributed by atoms with Crippen LogP contribution in [0.25, 0.3) is 0 Å². The summed E-state index contributed by atoms with van der Waals surface area (Å²) in [5.74, 6) is 1.09. The Hall–Kier alpha value is -3.35. The Bertz CT molecular complexity index is 1120. The summed E-state index contributed by atoms with van der Waals surface area (Å²) in [6, 6.07) is 27.4. The van der Waals surface area contributed by atoms with E-state index < -0.39 is 0 Å². The van der Waals surface area contributed by atoms with Crippen LogP contribution in [0.5, 0.6) is 0 Å². The van der Waals surface area contributed by atoms with E-state index in [0.29, 0.717) is 18.3 Å². The lowest BCUT2D eigenvalue weighted by Crippen LogP contribution is -2.45. The van der Waals surface area contributed by atoms with Gasteiger partial charge in [0, 0.05) is 32.7 Å². The van der Waals surface area contributed by atoms with Gasteiger partial charge in [0.15, 0.2) is 5.82 Å². The molecule has 1 aliphatic heterocycles. The summed E-state index contributed by atoms with van der Waals surface area (Å²) >= 11 is 0. The molecule has 0 atom stereocenters. The minimum atomic E-state index is -0.178. The van der Waals surface area contributed by atoms with Gasteiger partial charge >= 0.3 is 0 Å². The summed E-state index contributed by atoms with van der Waals surface area (Å²) in [4.78, 5) is 9.46. The fourth-order valence-electron chi connectivity index (χ4n) is 4.42. The van der Waals surface area contributed by atoms with Crippen LogP contribution in [0.2, 0.25) is 0 Å². The Labute approximate surface area is 193 Å². The third kappa shape index (κ3) is 5.35. The maximum absolute atomic E-state index is 13.5. The first kappa shape index (κ1) is 21.5. The van der Waals surface area contributed by atoms with Crippen molar-refractivity contribution in [1.82, 2.24) is 19.9 Å². The summed E-state index contributed by atoms with van der Waals surface area (Å²) in [7, 11) is 0. The first-order valence-electron chi connectivity index (χ1n) is 11.4. The first-order valence-corrected chi connectivity index (χ1v) is 11.4. The van der Waals surface area contributed by atoms with Gasteiger partial charge < -0.3 is 4.52 Å². The molecule has 33 heavy (non-hydrogen) atoms. The zero-order chi connectivity index (χ0) is 22.5. The fraction of sp³-hybridized carbons (Fsp3) is 0.259.